The second-order valence-electron chi connectivity index (χ2n) is 6.17. The standard InChI is InChI=1S/C20H16N2O4S/c1-11-21-17(19(23)24)18(27-11)22-20(25)26-10-16-14-8-4-2-6-12(14)13-7-3-5-9-15(13)16/h2-9,16H,10H2,1H3,(H,22,25)(H,23,24). The van der Waals surface area contributed by atoms with Gasteiger partial charge in [0, 0.05) is 5.92 Å². The van der Waals surface area contributed by atoms with Gasteiger partial charge in [-0.05, 0) is 29.2 Å². The maximum Gasteiger partial charge on any atom is 0.412 e. The van der Waals surface area contributed by atoms with E-state index in [9.17, 15) is 9.59 Å². The van der Waals surface area contributed by atoms with Gasteiger partial charge < -0.3 is 9.84 Å². The van der Waals surface area contributed by atoms with Gasteiger partial charge in [0.25, 0.3) is 0 Å². The largest absolute Gasteiger partial charge is 0.476 e. The molecule has 27 heavy (non-hydrogen) atoms. The number of nitrogens with one attached hydrogen (secondary N) is 1. The molecule has 6 nitrogen and oxygen atoms in total. The van der Waals surface area contributed by atoms with Crippen LogP contribution in [0.2, 0.25) is 0 Å². The number of benzene rings is 2. The van der Waals surface area contributed by atoms with E-state index >= 15 is 0 Å². The number of aromatic nitrogens is 1. The van der Waals surface area contributed by atoms with Crippen LogP contribution in [0.3, 0.4) is 0 Å². The number of ether oxygens (including phenoxy) is 1. The SMILES string of the molecule is Cc1nc(C(=O)O)c(NC(=O)OCC2c3ccccc3-c3ccccc32)s1. The third-order valence-corrected chi connectivity index (χ3v) is 5.38. The second kappa shape index (κ2) is 6.85. The highest BCUT2D eigenvalue weighted by Gasteiger charge is 2.29. The fourth-order valence-corrected chi connectivity index (χ4v) is 4.18. The number of anilines is 1. The topological polar surface area (TPSA) is 88.5 Å². The first kappa shape index (κ1) is 17.2. The number of aromatic carboxylic acids is 1. The molecule has 136 valence electrons. The van der Waals surface area contributed by atoms with E-state index in [2.05, 4.69) is 22.4 Å². The molecule has 1 heterocycles. The molecular weight excluding hydrogens is 364 g/mol. The molecule has 0 unspecified atom stereocenters. The van der Waals surface area contributed by atoms with E-state index in [0.29, 0.717) is 5.01 Å². The number of amides is 1. The van der Waals surface area contributed by atoms with Gasteiger partial charge >= 0.3 is 12.1 Å². The molecule has 0 saturated heterocycles. The number of nitrogens with zero attached hydrogens (tertiary/aromatic N) is 1. The van der Waals surface area contributed by atoms with Gasteiger partial charge in [0.1, 0.15) is 11.6 Å². The van der Waals surface area contributed by atoms with Crippen LogP contribution in [0.5, 0.6) is 0 Å². The van der Waals surface area contributed by atoms with Gasteiger partial charge in [-0.15, -0.1) is 11.3 Å². The monoisotopic (exact) mass is 380 g/mol. The first-order chi connectivity index (χ1) is 13.0. The van der Waals surface area contributed by atoms with Crippen LogP contribution >= 0.6 is 11.3 Å². The van der Waals surface area contributed by atoms with E-state index in [4.69, 9.17) is 9.84 Å². The summed E-state index contributed by atoms with van der Waals surface area (Å²) in [5.41, 5.74) is 4.35. The number of carbonyl (C=O) groups excluding carboxylic acids is 1. The lowest BCUT2D eigenvalue weighted by Crippen LogP contribution is -2.18. The van der Waals surface area contributed by atoms with Crippen molar-refractivity contribution in [3.63, 3.8) is 0 Å². The van der Waals surface area contributed by atoms with Crippen molar-refractivity contribution in [1.82, 2.24) is 4.98 Å². The van der Waals surface area contributed by atoms with Crippen molar-refractivity contribution in [2.24, 2.45) is 0 Å². The Morgan fingerprint density at radius 3 is 2.30 bits per heavy atom. The van der Waals surface area contributed by atoms with E-state index in [1.807, 2.05) is 36.4 Å². The van der Waals surface area contributed by atoms with Crippen LogP contribution in [0.25, 0.3) is 11.1 Å². The van der Waals surface area contributed by atoms with Gasteiger partial charge in [-0.1, -0.05) is 48.5 Å². The predicted molar refractivity (Wildman–Crippen MR) is 103 cm³/mol. The van der Waals surface area contributed by atoms with Crippen LogP contribution in [-0.2, 0) is 4.74 Å². The van der Waals surface area contributed by atoms with Crippen LogP contribution in [0.1, 0.15) is 32.5 Å². The van der Waals surface area contributed by atoms with Gasteiger partial charge in [-0.2, -0.15) is 0 Å². The Balaban J connectivity index is 1.51. The first-order valence-corrected chi connectivity index (χ1v) is 9.19. The maximum absolute atomic E-state index is 12.2. The zero-order valence-electron chi connectivity index (χ0n) is 14.4. The van der Waals surface area contributed by atoms with Crippen molar-refractivity contribution < 1.29 is 19.4 Å². The minimum Gasteiger partial charge on any atom is -0.476 e. The summed E-state index contributed by atoms with van der Waals surface area (Å²) in [4.78, 5) is 27.3. The molecule has 7 heteroatoms. The summed E-state index contributed by atoms with van der Waals surface area (Å²) in [6.07, 6.45) is -0.692. The normalized spacial score (nSPS) is 12.3. The number of hydrogen-bond donors (Lipinski definition) is 2. The zero-order valence-corrected chi connectivity index (χ0v) is 15.2. The van der Waals surface area contributed by atoms with Gasteiger partial charge in [0.05, 0.1) is 5.01 Å². The number of carboxylic acid groups (broad SMARTS) is 1. The Kier molecular flexibility index (Phi) is 4.37. The zero-order chi connectivity index (χ0) is 19.0. The van der Waals surface area contributed by atoms with E-state index in [0.717, 1.165) is 33.6 Å². The highest BCUT2D eigenvalue weighted by molar-refractivity contribution is 7.16. The van der Waals surface area contributed by atoms with Crippen LogP contribution in [-0.4, -0.2) is 28.8 Å². The van der Waals surface area contributed by atoms with Gasteiger partial charge in [0.2, 0.25) is 0 Å². The highest BCUT2D eigenvalue weighted by Crippen LogP contribution is 2.44. The minimum atomic E-state index is -1.19. The molecular formula is C20H16N2O4S. The van der Waals surface area contributed by atoms with E-state index in [1.54, 1.807) is 6.92 Å². The van der Waals surface area contributed by atoms with Crippen LogP contribution in [0, 0.1) is 6.92 Å². The molecule has 4 rings (SSSR count). The van der Waals surface area contributed by atoms with Gasteiger partial charge in [-0.25, -0.2) is 14.6 Å². The Hall–Kier alpha value is -3.19. The van der Waals surface area contributed by atoms with Crippen molar-refractivity contribution in [2.45, 2.75) is 12.8 Å². The Morgan fingerprint density at radius 2 is 1.70 bits per heavy atom. The molecule has 1 amide bonds. The molecule has 0 spiro atoms. The Bertz CT molecular complexity index is 998. The lowest BCUT2D eigenvalue weighted by atomic mass is 9.98. The fraction of sp³-hybridized carbons (Fsp3) is 0.150. The summed E-state index contributed by atoms with van der Waals surface area (Å²) >= 11 is 1.10. The molecule has 2 N–H and O–H groups in total. The Morgan fingerprint density at radius 1 is 1.11 bits per heavy atom. The van der Waals surface area contributed by atoms with Crippen molar-refractivity contribution in [2.75, 3.05) is 11.9 Å². The van der Waals surface area contributed by atoms with E-state index in [1.165, 1.54) is 0 Å². The smallest absolute Gasteiger partial charge is 0.412 e. The van der Waals surface area contributed by atoms with Crippen LogP contribution in [0.15, 0.2) is 48.5 Å². The number of thiazole rings is 1. The summed E-state index contributed by atoms with van der Waals surface area (Å²) in [5, 5.41) is 12.4. The molecule has 3 aromatic rings. The number of aryl methyl sites for hydroxylation is 1. The molecule has 0 fully saturated rings. The molecule has 1 aliphatic carbocycles. The minimum absolute atomic E-state index is 0.0507. The van der Waals surface area contributed by atoms with Crippen molar-refractivity contribution >= 4 is 28.4 Å². The highest BCUT2D eigenvalue weighted by atomic mass is 32.1. The van der Waals surface area contributed by atoms with Crippen molar-refractivity contribution in [3.8, 4) is 11.1 Å². The number of rotatable bonds is 4. The molecule has 1 aromatic heterocycles. The molecule has 1 aliphatic rings. The summed E-state index contributed by atoms with van der Waals surface area (Å²) < 4.78 is 5.42. The predicted octanol–water partition coefficient (Wildman–Crippen LogP) is 4.51. The third kappa shape index (κ3) is 3.17. The lowest BCUT2D eigenvalue weighted by molar-refractivity contribution is 0.0692. The van der Waals surface area contributed by atoms with Crippen LogP contribution < -0.4 is 5.32 Å². The first-order valence-electron chi connectivity index (χ1n) is 8.37. The summed E-state index contributed by atoms with van der Waals surface area (Å²) in [6, 6.07) is 16.1. The number of carbonyl (C=O) groups is 2. The maximum atomic E-state index is 12.2. The average molecular weight is 380 g/mol. The molecule has 2 aromatic carbocycles. The van der Waals surface area contributed by atoms with Gasteiger partial charge in [-0.3, -0.25) is 5.32 Å². The number of carboxylic acids is 1. The quantitative estimate of drug-likeness (QED) is 0.695. The Labute approximate surface area is 159 Å². The summed E-state index contributed by atoms with van der Waals surface area (Å²) in [6.45, 7) is 1.85. The molecule has 0 aliphatic heterocycles. The number of fused-ring (bicyclic) bond motifs is 3. The lowest BCUT2D eigenvalue weighted by Gasteiger charge is -2.14. The van der Waals surface area contributed by atoms with E-state index < -0.39 is 12.1 Å². The molecule has 0 atom stereocenters. The fourth-order valence-electron chi connectivity index (χ4n) is 3.38. The molecule has 0 bridgehead atoms. The van der Waals surface area contributed by atoms with E-state index in [-0.39, 0.29) is 23.2 Å². The molecule has 0 radical (unpaired) electrons. The second-order valence-corrected chi connectivity index (χ2v) is 7.37. The van der Waals surface area contributed by atoms with Crippen molar-refractivity contribution in [1.29, 1.82) is 0 Å². The third-order valence-electron chi connectivity index (χ3n) is 4.50. The molecule has 0 saturated carbocycles. The summed E-state index contributed by atoms with van der Waals surface area (Å²) in [7, 11) is 0. The van der Waals surface area contributed by atoms with Crippen LogP contribution in [0.4, 0.5) is 9.80 Å². The van der Waals surface area contributed by atoms with Gasteiger partial charge in [0.15, 0.2) is 5.69 Å². The average Bonchev–Trinajstić information content (AvgIpc) is 3.18. The summed E-state index contributed by atoms with van der Waals surface area (Å²) in [5.74, 6) is -1.24. The van der Waals surface area contributed by atoms with Crippen molar-refractivity contribution in [3.05, 3.63) is 70.4 Å². The number of hydrogen-bond acceptors (Lipinski definition) is 5.